The molecule has 18 heavy (non-hydrogen) atoms. The molecule has 4 nitrogen and oxygen atoms in total. The summed E-state index contributed by atoms with van der Waals surface area (Å²) in [7, 11) is 1.59. The molecule has 0 heterocycles. The average molecular weight is 253 g/mol. The molecule has 0 aliphatic carbocycles. The summed E-state index contributed by atoms with van der Waals surface area (Å²) in [6, 6.07) is 5.88. The number of carbonyl (C=O) groups is 1. The molecule has 1 unspecified atom stereocenters. The first kappa shape index (κ1) is 14.4. The van der Waals surface area contributed by atoms with Crippen molar-refractivity contribution in [1.29, 1.82) is 0 Å². The minimum atomic E-state index is -0.358. The van der Waals surface area contributed by atoms with Crippen LogP contribution >= 0.6 is 0 Å². The van der Waals surface area contributed by atoms with Gasteiger partial charge in [0.25, 0.3) is 0 Å². The first-order valence-corrected chi connectivity index (χ1v) is 6.04. The molecule has 0 spiro atoms. The molecule has 0 bridgehead atoms. The molecule has 1 aromatic carbocycles. The Bertz CT molecular complexity index is 398. The Morgan fingerprint density at radius 2 is 2.28 bits per heavy atom. The number of amides is 1. The zero-order valence-electron chi connectivity index (χ0n) is 10.8. The van der Waals surface area contributed by atoms with Crippen LogP contribution in [-0.2, 0) is 4.79 Å². The predicted octanol–water partition coefficient (Wildman–Crippen LogP) is 1.12. The summed E-state index contributed by atoms with van der Waals surface area (Å²) in [5.41, 5.74) is 6.19. The van der Waals surface area contributed by atoms with Gasteiger partial charge in [0.1, 0.15) is 11.9 Å². The van der Waals surface area contributed by atoms with Gasteiger partial charge in [0, 0.05) is 19.3 Å². The lowest BCUT2D eigenvalue weighted by atomic mass is 10.2. The first-order chi connectivity index (χ1) is 8.60. The van der Waals surface area contributed by atoms with Crippen LogP contribution in [0.4, 0.5) is 10.1 Å². The van der Waals surface area contributed by atoms with Crippen LogP contribution in [0.1, 0.15) is 13.3 Å². The molecule has 1 rings (SSSR count). The van der Waals surface area contributed by atoms with E-state index in [1.807, 2.05) is 4.90 Å². The molecule has 1 atom stereocenters. The molecule has 1 aromatic rings. The molecule has 0 saturated carbocycles. The summed E-state index contributed by atoms with van der Waals surface area (Å²) in [5.74, 6) is -0.411. The standard InChI is InChI=1S/C13H20FN3O/c1-10(13(18)16-2)17(8-4-7-15)12-6-3-5-11(14)9-12/h3,5-6,9-10H,4,7-8,15H2,1-2H3,(H,16,18). The third-order valence-electron chi connectivity index (χ3n) is 2.84. The highest BCUT2D eigenvalue weighted by Gasteiger charge is 2.20. The van der Waals surface area contributed by atoms with Crippen molar-refractivity contribution < 1.29 is 9.18 Å². The van der Waals surface area contributed by atoms with E-state index >= 15 is 0 Å². The van der Waals surface area contributed by atoms with Crippen molar-refractivity contribution in [2.45, 2.75) is 19.4 Å². The number of benzene rings is 1. The molecular formula is C13H20FN3O. The van der Waals surface area contributed by atoms with Crippen LogP contribution in [0.25, 0.3) is 0 Å². The second-order valence-electron chi connectivity index (χ2n) is 4.11. The third kappa shape index (κ3) is 3.70. The van der Waals surface area contributed by atoms with Crippen LogP contribution in [-0.4, -0.2) is 32.1 Å². The van der Waals surface area contributed by atoms with E-state index in [1.54, 1.807) is 26.1 Å². The van der Waals surface area contributed by atoms with E-state index in [-0.39, 0.29) is 17.8 Å². The Labute approximate surface area is 107 Å². The van der Waals surface area contributed by atoms with Crippen LogP contribution in [0.5, 0.6) is 0 Å². The molecule has 0 aromatic heterocycles. The van der Waals surface area contributed by atoms with E-state index in [0.29, 0.717) is 18.8 Å². The van der Waals surface area contributed by atoms with Gasteiger partial charge in [-0.2, -0.15) is 0 Å². The highest BCUT2D eigenvalue weighted by molar-refractivity contribution is 5.84. The summed E-state index contributed by atoms with van der Waals surface area (Å²) in [4.78, 5) is 13.6. The van der Waals surface area contributed by atoms with Crippen molar-refractivity contribution in [1.82, 2.24) is 5.32 Å². The summed E-state index contributed by atoms with van der Waals surface area (Å²) in [6.45, 7) is 2.95. The summed E-state index contributed by atoms with van der Waals surface area (Å²) in [5, 5.41) is 2.60. The van der Waals surface area contributed by atoms with Crippen LogP contribution < -0.4 is 16.0 Å². The molecule has 0 radical (unpaired) electrons. The summed E-state index contributed by atoms with van der Waals surface area (Å²) >= 11 is 0. The zero-order valence-corrected chi connectivity index (χ0v) is 10.8. The van der Waals surface area contributed by atoms with Crippen LogP contribution in [0.2, 0.25) is 0 Å². The maximum Gasteiger partial charge on any atom is 0.242 e. The number of hydrogen-bond donors (Lipinski definition) is 2. The Morgan fingerprint density at radius 3 is 2.83 bits per heavy atom. The highest BCUT2D eigenvalue weighted by atomic mass is 19.1. The van der Waals surface area contributed by atoms with E-state index in [4.69, 9.17) is 5.73 Å². The first-order valence-electron chi connectivity index (χ1n) is 6.04. The highest BCUT2D eigenvalue weighted by Crippen LogP contribution is 2.18. The molecule has 0 saturated heterocycles. The van der Waals surface area contributed by atoms with Gasteiger partial charge in [-0.3, -0.25) is 4.79 Å². The van der Waals surface area contributed by atoms with Crippen molar-refractivity contribution in [3.63, 3.8) is 0 Å². The maximum atomic E-state index is 13.2. The van der Waals surface area contributed by atoms with Gasteiger partial charge >= 0.3 is 0 Å². The zero-order chi connectivity index (χ0) is 13.5. The van der Waals surface area contributed by atoms with E-state index in [9.17, 15) is 9.18 Å². The van der Waals surface area contributed by atoms with Crippen molar-refractivity contribution >= 4 is 11.6 Å². The topological polar surface area (TPSA) is 58.4 Å². The number of nitrogens with zero attached hydrogens (tertiary/aromatic N) is 1. The quantitative estimate of drug-likeness (QED) is 0.798. The van der Waals surface area contributed by atoms with E-state index < -0.39 is 0 Å². The monoisotopic (exact) mass is 253 g/mol. The fraction of sp³-hybridized carbons (Fsp3) is 0.462. The minimum Gasteiger partial charge on any atom is -0.360 e. The third-order valence-corrected chi connectivity index (χ3v) is 2.84. The SMILES string of the molecule is CNC(=O)C(C)N(CCCN)c1cccc(F)c1. The Balaban J connectivity index is 2.93. The lowest BCUT2D eigenvalue weighted by Crippen LogP contribution is -2.45. The van der Waals surface area contributed by atoms with Crippen molar-refractivity contribution in [3.05, 3.63) is 30.1 Å². The van der Waals surface area contributed by atoms with E-state index in [1.165, 1.54) is 12.1 Å². The largest absolute Gasteiger partial charge is 0.360 e. The van der Waals surface area contributed by atoms with Gasteiger partial charge in [0.05, 0.1) is 0 Å². The molecule has 0 aliphatic heterocycles. The second-order valence-corrected chi connectivity index (χ2v) is 4.11. The van der Waals surface area contributed by atoms with Gasteiger partial charge < -0.3 is 16.0 Å². The van der Waals surface area contributed by atoms with Crippen molar-refractivity contribution in [2.75, 3.05) is 25.0 Å². The Kier molecular flexibility index (Phi) is 5.58. The smallest absolute Gasteiger partial charge is 0.242 e. The summed E-state index contributed by atoms with van der Waals surface area (Å²) < 4.78 is 13.2. The number of hydrogen-bond acceptors (Lipinski definition) is 3. The van der Waals surface area contributed by atoms with Gasteiger partial charge in [-0.25, -0.2) is 4.39 Å². The maximum absolute atomic E-state index is 13.2. The minimum absolute atomic E-state index is 0.101. The summed E-state index contributed by atoms with van der Waals surface area (Å²) in [6.07, 6.45) is 0.748. The van der Waals surface area contributed by atoms with Gasteiger partial charge in [-0.05, 0) is 38.1 Å². The van der Waals surface area contributed by atoms with Crippen LogP contribution in [0.15, 0.2) is 24.3 Å². The fourth-order valence-corrected chi connectivity index (χ4v) is 1.81. The lowest BCUT2D eigenvalue weighted by Gasteiger charge is -2.30. The number of nitrogens with two attached hydrogens (primary N) is 1. The lowest BCUT2D eigenvalue weighted by molar-refractivity contribution is -0.121. The Hall–Kier alpha value is -1.62. The van der Waals surface area contributed by atoms with Crippen molar-refractivity contribution in [2.24, 2.45) is 5.73 Å². The molecule has 3 N–H and O–H groups in total. The molecule has 100 valence electrons. The Morgan fingerprint density at radius 1 is 1.56 bits per heavy atom. The number of rotatable bonds is 6. The van der Waals surface area contributed by atoms with Crippen LogP contribution in [0.3, 0.4) is 0 Å². The number of nitrogens with one attached hydrogen (secondary N) is 1. The van der Waals surface area contributed by atoms with Gasteiger partial charge in [0.15, 0.2) is 0 Å². The van der Waals surface area contributed by atoms with Crippen molar-refractivity contribution in [3.8, 4) is 0 Å². The van der Waals surface area contributed by atoms with Gasteiger partial charge in [-0.15, -0.1) is 0 Å². The normalized spacial score (nSPS) is 12.0. The fourth-order valence-electron chi connectivity index (χ4n) is 1.81. The second kappa shape index (κ2) is 6.96. The predicted molar refractivity (Wildman–Crippen MR) is 70.9 cm³/mol. The number of carbonyl (C=O) groups excluding carboxylic acids is 1. The molecule has 5 heteroatoms. The molecule has 0 fully saturated rings. The molecular weight excluding hydrogens is 233 g/mol. The van der Waals surface area contributed by atoms with Crippen LogP contribution in [0, 0.1) is 5.82 Å². The molecule has 0 aliphatic rings. The molecule has 1 amide bonds. The number of likely N-dealkylation sites (N-methyl/N-ethyl adjacent to an activating group) is 1. The van der Waals surface area contributed by atoms with Gasteiger partial charge in [0.2, 0.25) is 5.91 Å². The van der Waals surface area contributed by atoms with Gasteiger partial charge in [-0.1, -0.05) is 6.07 Å². The van der Waals surface area contributed by atoms with E-state index in [0.717, 1.165) is 6.42 Å². The van der Waals surface area contributed by atoms with E-state index in [2.05, 4.69) is 5.32 Å². The average Bonchev–Trinajstić information content (AvgIpc) is 2.38. The number of halogens is 1. The number of anilines is 1.